The van der Waals surface area contributed by atoms with E-state index in [4.69, 9.17) is 26.6 Å². The first-order chi connectivity index (χ1) is 19.3. The summed E-state index contributed by atoms with van der Waals surface area (Å²) in [5, 5.41) is 0. The Bertz CT molecular complexity index is 756. The first-order valence-corrected chi connectivity index (χ1v) is 23.4. The maximum absolute atomic E-state index is 8.00. The quantitative estimate of drug-likeness (QED) is 0.234. The summed E-state index contributed by atoms with van der Waals surface area (Å²) in [4.78, 5) is 0. The Labute approximate surface area is 262 Å². The summed E-state index contributed by atoms with van der Waals surface area (Å²) in [6.45, 7) is 26.5. The molecule has 6 nitrogen and oxygen atoms in total. The van der Waals surface area contributed by atoms with Crippen molar-refractivity contribution in [2.24, 2.45) is 0 Å². The second-order valence-electron chi connectivity index (χ2n) is 17.0. The van der Waals surface area contributed by atoms with Gasteiger partial charge in [-0.25, -0.2) is 0 Å². The monoisotopic (exact) mass is 642 g/mol. The van der Waals surface area contributed by atoms with Gasteiger partial charge in [-0.05, 0) is 122 Å². The molecule has 0 N–H and O–H groups in total. The summed E-state index contributed by atoms with van der Waals surface area (Å²) >= 11 is 0. The predicted octanol–water partition coefficient (Wildman–Crippen LogP) is 9.44. The SMILES string of the molecule is CC(OC(C)(C)C)[Si]1(C2CCCC2)O[Si](C2CCCC2)(C(C)OC(C)(C)C)O[Si](C2CCCC2)(C(C)OC(C)(C)C)O1. The van der Waals surface area contributed by atoms with Crippen LogP contribution in [0.25, 0.3) is 0 Å². The highest BCUT2D eigenvalue weighted by Gasteiger charge is 2.74. The van der Waals surface area contributed by atoms with E-state index in [1.54, 1.807) is 0 Å². The minimum absolute atomic E-state index is 0.102. The summed E-state index contributed by atoms with van der Waals surface area (Å²) in [6.07, 6.45) is 14.4. The normalized spacial score (nSPS) is 35.1. The van der Waals surface area contributed by atoms with Gasteiger partial charge in [0.2, 0.25) is 0 Å². The first kappa shape index (κ1) is 35.3. The zero-order valence-electron chi connectivity index (χ0n) is 29.4. The second-order valence-corrected chi connectivity index (χ2v) is 28.7. The molecule has 9 heteroatoms. The lowest BCUT2D eigenvalue weighted by Gasteiger charge is -2.62. The van der Waals surface area contributed by atoms with Crippen molar-refractivity contribution in [2.45, 2.75) is 211 Å². The van der Waals surface area contributed by atoms with E-state index in [9.17, 15) is 0 Å². The van der Waals surface area contributed by atoms with E-state index in [2.05, 4.69) is 83.1 Å². The first-order valence-electron chi connectivity index (χ1n) is 17.5. The van der Waals surface area contributed by atoms with Crippen LogP contribution in [-0.2, 0) is 26.6 Å². The molecule has 1 aliphatic heterocycles. The summed E-state index contributed by atoms with van der Waals surface area (Å²) in [5.74, 6) is 0. The molecule has 4 rings (SSSR count). The van der Waals surface area contributed by atoms with Crippen LogP contribution in [0.5, 0.6) is 0 Å². The van der Waals surface area contributed by atoms with Gasteiger partial charge < -0.3 is 26.6 Å². The zero-order chi connectivity index (χ0) is 31.2. The molecule has 0 bridgehead atoms. The fourth-order valence-corrected chi connectivity index (χ4v) is 31.4. The molecule has 3 saturated carbocycles. The van der Waals surface area contributed by atoms with Gasteiger partial charge in [0.25, 0.3) is 0 Å². The van der Waals surface area contributed by atoms with Gasteiger partial charge in [0.1, 0.15) is 0 Å². The lowest BCUT2D eigenvalue weighted by atomic mass is 10.2. The highest BCUT2D eigenvalue weighted by atomic mass is 28.5. The van der Waals surface area contributed by atoms with Gasteiger partial charge >= 0.3 is 25.7 Å². The molecule has 1 heterocycles. The molecule has 4 fully saturated rings. The van der Waals surface area contributed by atoms with Gasteiger partial charge in [0.05, 0.1) is 34.0 Å². The third kappa shape index (κ3) is 7.68. The lowest BCUT2D eigenvalue weighted by molar-refractivity contribution is -0.0653. The summed E-state index contributed by atoms with van der Waals surface area (Å²) < 4.78 is 45.0. The van der Waals surface area contributed by atoms with Gasteiger partial charge in [-0.15, -0.1) is 0 Å². The largest absolute Gasteiger partial charge is 0.412 e. The van der Waals surface area contributed by atoms with Crippen molar-refractivity contribution in [3.8, 4) is 0 Å². The highest BCUT2D eigenvalue weighted by molar-refractivity contribution is 6.97. The highest BCUT2D eigenvalue weighted by Crippen LogP contribution is 2.58. The van der Waals surface area contributed by atoms with Crippen LogP contribution in [0, 0.1) is 0 Å². The molecular formula is C33H66O6Si3. The van der Waals surface area contributed by atoms with Crippen molar-refractivity contribution < 1.29 is 26.6 Å². The fourth-order valence-electron chi connectivity index (χ4n) is 8.63. The summed E-state index contributed by atoms with van der Waals surface area (Å²) in [5.41, 5.74) is 0.0358. The Hall–Kier alpha value is 0.411. The van der Waals surface area contributed by atoms with Crippen LogP contribution in [0.3, 0.4) is 0 Å². The van der Waals surface area contributed by atoms with Crippen LogP contribution in [-0.4, -0.2) is 59.7 Å². The number of ether oxygens (including phenoxy) is 3. The van der Waals surface area contributed by atoms with Gasteiger partial charge in [0, 0.05) is 16.6 Å². The van der Waals surface area contributed by atoms with Crippen LogP contribution in [0.2, 0.25) is 16.6 Å². The third-order valence-corrected chi connectivity index (χ3v) is 26.6. The standard InChI is InChI=1S/C33H66O6Si3/c1-25(34-31(4,5)6)40(28-19-13-14-20-28)37-41(29-21-15-16-22-29,26(2)35-32(7,8)9)39-42(38-40,30-23-17-18-24-30)27(3)36-33(10,11)12/h25-30H,13-24H2,1-12H3. The van der Waals surface area contributed by atoms with Gasteiger partial charge in [-0.2, -0.15) is 0 Å². The van der Waals surface area contributed by atoms with Crippen molar-refractivity contribution >= 4 is 25.7 Å². The molecule has 0 amide bonds. The van der Waals surface area contributed by atoms with Crippen LogP contribution in [0.4, 0.5) is 0 Å². The molecule has 246 valence electrons. The van der Waals surface area contributed by atoms with Crippen LogP contribution in [0.15, 0.2) is 0 Å². The molecule has 0 spiro atoms. The van der Waals surface area contributed by atoms with E-state index in [-0.39, 0.29) is 34.0 Å². The van der Waals surface area contributed by atoms with E-state index < -0.39 is 25.7 Å². The van der Waals surface area contributed by atoms with Crippen molar-refractivity contribution in [2.75, 3.05) is 0 Å². The van der Waals surface area contributed by atoms with Crippen LogP contribution < -0.4 is 0 Å². The Morgan fingerprint density at radius 3 is 0.786 bits per heavy atom. The van der Waals surface area contributed by atoms with E-state index >= 15 is 0 Å². The lowest BCUT2D eigenvalue weighted by Crippen LogP contribution is -2.82. The zero-order valence-corrected chi connectivity index (χ0v) is 32.4. The van der Waals surface area contributed by atoms with Crippen LogP contribution in [0.1, 0.15) is 160 Å². The van der Waals surface area contributed by atoms with Crippen molar-refractivity contribution in [3.63, 3.8) is 0 Å². The van der Waals surface area contributed by atoms with E-state index in [1.165, 1.54) is 38.5 Å². The molecule has 0 radical (unpaired) electrons. The molecule has 0 aromatic carbocycles. The van der Waals surface area contributed by atoms with Crippen LogP contribution >= 0.6 is 0 Å². The molecule has 3 aliphatic carbocycles. The molecule has 4 aliphatic rings. The summed E-state index contributed by atoms with van der Waals surface area (Å²) in [7, 11) is -9.09. The molecular weight excluding hydrogens is 577 g/mol. The Balaban J connectivity index is 1.98. The Kier molecular flexibility index (Phi) is 10.8. The Morgan fingerprint density at radius 1 is 0.429 bits per heavy atom. The number of hydrogen-bond donors (Lipinski definition) is 0. The molecule has 3 atom stereocenters. The van der Waals surface area contributed by atoms with Crippen molar-refractivity contribution in [1.82, 2.24) is 0 Å². The molecule has 1 saturated heterocycles. The third-order valence-electron chi connectivity index (χ3n) is 10.0. The number of hydrogen-bond acceptors (Lipinski definition) is 6. The maximum Gasteiger partial charge on any atom is 0.353 e. The maximum atomic E-state index is 8.00. The number of rotatable bonds is 9. The molecule has 0 aromatic heterocycles. The van der Waals surface area contributed by atoms with E-state index in [0.29, 0.717) is 16.6 Å². The molecule has 42 heavy (non-hydrogen) atoms. The van der Waals surface area contributed by atoms with Gasteiger partial charge in [-0.3, -0.25) is 0 Å². The van der Waals surface area contributed by atoms with Gasteiger partial charge in [0.15, 0.2) is 0 Å². The minimum Gasteiger partial charge on any atom is -0.412 e. The van der Waals surface area contributed by atoms with Crippen molar-refractivity contribution in [1.29, 1.82) is 0 Å². The average molecular weight is 643 g/mol. The van der Waals surface area contributed by atoms with E-state index in [0.717, 1.165) is 38.5 Å². The topological polar surface area (TPSA) is 55.4 Å². The minimum atomic E-state index is -3.03. The smallest absolute Gasteiger partial charge is 0.353 e. The van der Waals surface area contributed by atoms with Gasteiger partial charge in [-0.1, -0.05) is 38.5 Å². The molecule has 0 aromatic rings. The van der Waals surface area contributed by atoms with Crippen molar-refractivity contribution in [3.05, 3.63) is 0 Å². The molecule has 3 unspecified atom stereocenters. The fraction of sp³-hybridized carbons (Fsp3) is 1.00. The predicted molar refractivity (Wildman–Crippen MR) is 178 cm³/mol. The summed E-state index contributed by atoms with van der Waals surface area (Å²) in [6, 6.07) is 0. The Morgan fingerprint density at radius 2 is 0.619 bits per heavy atom. The van der Waals surface area contributed by atoms with E-state index in [1.807, 2.05) is 0 Å². The second kappa shape index (κ2) is 12.9. The average Bonchev–Trinajstić information content (AvgIpc) is 3.63.